The molecule has 5 nitrogen and oxygen atoms in total. The molecule has 1 N–H and O–H groups in total. The first kappa shape index (κ1) is 10.8. The molecule has 6 heteroatoms. The SMILES string of the molecule is N#CCC(=O)Nc1c(Br)ccc2c1OCO2. The summed E-state index contributed by atoms with van der Waals surface area (Å²) in [5.74, 6) is 0.684. The Kier molecular flexibility index (Phi) is 2.97. The molecule has 1 heterocycles. The second kappa shape index (κ2) is 4.41. The van der Waals surface area contributed by atoms with E-state index in [0.717, 1.165) is 0 Å². The summed E-state index contributed by atoms with van der Waals surface area (Å²) in [6.07, 6.45) is -0.197. The molecular weight excluding hydrogens is 276 g/mol. The van der Waals surface area contributed by atoms with Crippen molar-refractivity contribution in [3.63, 3.8) is 0 Å². The zero-order valence-electron chi connectivity index (χ0n) is 8.12. The summed E-state index contributed by atoms with van der Waals surface area (Å²) in [4.78, 5) is 11.3. The van der Waals surface area contributed by atoms with Crippen LogP contribution in [0, 0.1) is 11.3 Å². The summed E-state index contributed by atoms with van der Waals surface area (Å²) in [5.41, 5.74) is 0.496. The van der Waals surface area contributed by atoms with Crippen LogP contribution in [0.4, 0.5) is 5.69 Å². The fourth-order valence-electron chi connectivity index (χ4n) is 1.32. The van der Waals surface area contributed by atoms with E-state index in [4.69, 9.17) is 14.7 Å². The lowest BCUT2D eigenvalue weighted by molar-refractivity contribution is -0.115. The fraction of sp³-hybridized carbons (Fsp3) is 0.200. The van der Waals surface area contributed by atoms with Gasteiger partial charge in [0.25, 0.3) is 0 Å². The highest BCUT2D eigenvalue weighted by molar-refractivity contribution is 9.10. The molecule has 0 saturated carbocycles. The zero-order chi connectivity index (χ0) is 11.5. The van der Waals surface area contributed by atoms with Crippen LogP contribution in [0.1, 0.15) is 6.42 Å². The van der Waals surface area contributed by atoms with Gasteiger partial charge >= 0.3 is 0 Å². The van der Waals surface area contributed by atoms with Crippen molar-refractivity contribution in [2.24, 2.45) is 0 Å². The van der Waals surface area contributed by atoms with Gasteiger partial charge in [-0.1, -0.05) is 0 Å². The molecule has 1 amide bonds. The molecule has 1 aromatic carbocycles. The van der Waals surface area contributed by atoms with E-state index >= 15 is 0 Å². The quantitative estimate of drug-likeness (QED) is 0.901. The molecule has 1 aliphatic heterocycles. The standard InChI is InChI=1S/C10H7BrN2O3/c11-6-1-2-7-10(16-5-15-7)9(6)13-8(14)3-4-12/h1-2H,3,5H2,(H,13,14). The first-order chi connectivity index (χ1) is 7.72. The maximum absolute atomic E-state index is 11.3. The van der Waals surface area contributed by atoms with E-state index in [1.807, 2.05) is 0 Å². The van der Waals surface area contributed by atoms with Crippen molar-refractivity contribution in [3.05, 3.63) is 16.6 Å². The lowest BCUT2D eigenvalue weighted by Gasteiger charge is -2.08. The molecule has 0 bridgehead atoms. The Bertz CT molecular complexity index is 482. The number of fused-ring (bicyclic) bond motifs is 1. The first-order valence-electron chi connectivity index (χ1n) is 4.47. The summed E-state index contributed by atoms with van der Waals surface area (Å²) in [5, 5.41) is 11.0. The second-order valence-electron chi connectivity index (χ2n) is 3.04. The first-order valence-corrected chi connectivity index (χ1v) is 5.26. The summed E-state index contributed by atoms with van der Waals surface area (Å²) >= 11 is 3.30. The minimum atomic E-state index is -0.382. The number of hydrogen-bond donors (Lipinski definition) is 1. The second-order valence-corrected chi connectivity index (χ2v) is 3.89. The van der Waals surface area contributed by atoms with E-state index < -0.39 is 0 Å². The molecule has 0 aliphatic carbocycles. The number of nitrogens with one attached hydrogen (secondary N) is 1. The lowest BCUT2D eigenvalue weighted by Crippen LogP contribution is -2.11. The number of carbonyl (C=O) groups excluding carboxylic acids is 1. The number of halogens is 1. The van der Waals surface area contributed by atoms with Crippen molar-refractivity contribution in [2.45, 2.75) is 6.42 Å². The molecule has 1 aromatic rings. The van der Waals surface area contributed by atoms with Crippen molar-refractivity contribution < 1.29 is 14.3 Å². The van der Waals surface area contributed by atoms with Gasteiger partial charge in [-0.3, -0.25) is 4.79 Å². The highest BCUT2D eigenvalue weighted by atomic mass is 79.9. The maximum atomic E-state index is 11.3. The largest absolute Gasteiger partial charge is 0.454 e. The summed E-state index contributed by atoms with van der Waals surface area (Å²) < 4.78 is 11.1. The van der Waals surface area contributed by atoms with E-state index in [2.05, 4.69) is 21.2 Å². The van der Waals surface area contributed by atoms with Gasteiger partial charge in [0.1, 0.15) is 12.1 Å². The van der Waals surface area contributed by atoms with Crippen LogP contribution in [-0.4, -0.2) is 12.7 Å². The van der Waals surface area contributed by atoms with Crippen molar-refractivity contribution in [2.75, 3.05) is 12.1 Å². The van der Waals surface area contributed by atoms with E-state index in [-0.39, 0.29) is 19.1 Å². The van der Waals surface area contributed by atoms with Crippen molar-refractivity contribution >= 4 is 27.5 Å². The number of rotatable bonds is 2. The summed E-state index contributed by atoms with van der Waals surface area (Å²) in [6, 6.07) is 5.26. The molecule has 0 atom stereocenters. The van der Waals surface area contributed by atoms with E-state index in [1.165, 1.54) is 0 Å². The molecule has 0 spiro atoms. The van der Waals surface area contributed by atoms with Crippen LogP contribution in [0.5, 0.6) is 11.5 Å². The van der Waals surface area contributed by atoms with E-state index in [9.17, 15) is 4.79 Å². The van der Waals surface area contributed by atoms with E-state index in [1.54, 1.807) is 18.2 Å². The summed E-state index contributed by atoms with van der Waals surface area (Å²) in [6.45, 7) is 0.132. The number of ether oxygens (including phenoxy) is 2. The minimum Gasteiger partial charge on any atom is -0.454 e. The van der Waals surface area contributed by atoms with Gasteiger partial charge in [-0.2, -0.15) is 5.26 Å². The monoisotopic (exact) mass is 282 g/mol. The topological polar surface area (TPSA) is 71.4 Å². The maximum Gasteiger partial charge on any atom is 0.238 e. The van der Waals surface area contributed by atoms with Crippen molar-refractivity contribution in [3.8, 4) is 17.6 Å². The lowest BCUT2D eigenvalue weighted by atomic mass is 10.2. The third kappa shape index (κ3) is 1.95. The Morgan fingerprint density at radius 3 is 3.12 bits per heavy atom. The molecule has 1 aliphatic rings. The van der Waals surface area contributed by atoms with Crippen LogP contribution in [0.15, 0.2) is 16.6 Å². The molecule has 0 unspecified atom stereocenters. The Hall–Kier alpha value is -1.74. The van der Waals surface area contributed by atoms with Gasteiger partial charge in [0.05, 0.1) is 6.07 Å². The van der Waals surface area contributed by atoms with Crippen LogP contribution in [0.25, 0.3) is 0 Å². The highest BCUT2D eigenvalue weighted by Gasteiger charge is 2.21. The van der Waals surface area contributed by atoms with Gasteiger partial charge in [0, 0.05) is 4.47 Å². The average molecular weight is 283 g/mol. The van der Waals surface area contributed by atoms with Crippen LogP contribution >= 0.6 is 15.9 Å². The van der Waals surface area contributed by atoms with Gasteiger partial charge in [-0.15, -0.1) is 0 Å². The van der Waals surface area contributed by atoms with Gasteiger partial charge in [0.15, 0.2) is 11.5 Å². The summed E-state index contributed by atoms with van der Waals surface area (Å²) in [7, 11) is 0. The third-order valence-corrected chi connectivity index (χ3v) is 2.65. The highest BCUT2D eigenvalue weighted by Crippen LogP contribution is 2.43. The van der Waals surface area contributed by atoms with Gasteiger partial charge in [0.2, 0.25) is 12.7 Å². The molecule has 0 fully saturated rings. The minimum absolute atomic E-state index is 0.132. The van der Waals surface area contributed by atoms with E-state index in [0.29, 0.717) is 21.7 Å². The van der Waals surface area contributed by atoms with Crippen molar-refractivity contribution in [1.29, 1.82) is 5.26 Å². The smallest absolute Gasteiger partial charge is 0.238 e. The molecule has 0 radical (unpaired) electrons. The number of amides is 1. The zero-order valence-corrected chi connectivity index (χ0v) is 9.70. The number of benzene rings is 1. The Labute approximate surface area is 100 Å². The molecule has 16 heavy (non-hydrogen) atoms. The molecule has 82 valence electrons. The number of carbonyl (C=O) groups is 1. The Balaban J connectivity index is 2.30. The molecular formula is C10H7BrN2O3. The average Bonchev–Trinajstić information content (AvgIpc) is 2.71. The predicted molar refractivity (Wildman–Crippen MR) is 59.1 cm³/mol. The van der Waals surface area contributed by atoms with Crippen LogP contribution in [0.3, 0.4) is 0 Å². The molecule has 0 aromatic heterocycles. The van der Waals surface area contributed by atoms with Crippen LogP contribution in [-0.2, 0) is 4.79 Å². The predicted octanol–water partition coefficient (Wildman–Crippen LogP) is 2.03. The number of nitrogens with zero attached hydrogens (tertiary/aromatic N) is 1. The van der Waals surface area contributed by atoms with Crippen molar-refractivity contribution in [1.82, 2.24) is 0 Å². The Morgan fingerprint density at radius 1 is 1.56 bits per heavy atom. The number of nitriles is 1. The number of hydrogen-bond acceptors (Lipinski definition) is 4. The normalized spacial score (nSPS) is 12.0. The van der Waals surface area contributed by atoms with Crippen LogP contribution < -0.4 is 14.8 Å². The number of anilines is 1. The van der Waals surface area contributed by atoms with Gasteiger partial charge < -0.3 is 14.8 Å². The fourth-order valence-corrected chi connectivity index (χ4v) is 1.73. The Morgan fingerprint density at radius 2 is 2.38 bits per heavy atom. The molecule has 0 saturated heterocycles. The molecule has 2 rings (SSSR count). The van der Waals surface area contributed by atoms with Gasteiger partial charge in [-0.05, 0) is 28.1 Å². The third-order valence-electron chi connectivity index (χ3n) is 1.99. The van der Waals surface area contributed by atoms with Crippen LogP contribution in [0.2, 0.25) is 0 Å². The van der Waals surface area contributed by atoms with Gasteiger partial charge in [-0.25, -0.2) is 0 Å².